The molecule has 0 aromatic heterocycles. The van der Waals surface area contributed by atoms with Crippen molar-refractivity contribution in [2.24, 2.45) is 0 Å². The zero-order chi connectivity index (χ0) is 18.1. The summed E-state index contributed by atoms with van der Waals surface area (Å²) in [6.07, 6.45) is 5.48. The van der Waals surface area contributed by atoms with Gasteiger partial charge in [-0.25, -0.2) is 0 Å². The molecule has 1 fully saturated rings. The second-order valence-electron chi connectivity index (χ2n) is 5.49. The van der Waals surface area contributed by atoms with Crippen molar-refractivity contribution < 1.29 is 14.3 Å². The third-order valence-electron chi connectivity index (χ3n) is 3.79. The molecule has 0 saturated carbocycles. The maximum atomic E-state index is 12.7. The lowest BCUT2D eigenvalue weighted by Gasteiger charge is -2.14. The standard InChI is InChI=1S/C19H12ClNO3S2/c20-13-4-2-5-14(10-13)21-18(22)17(26-19(21)25)6-1-3-12-7-8-15-16(9-12)24-11-23-15/h1-10H,11H2/b3-1+,17-6+. The van der Waals surface area contributed by atoms with Crippen LogP contribution in [0.3, 0.4) is 0 Å². The number of nitrogens with zero attached hydrogens (tertiary/aromatic N) is 1. The van der Waals surface area contributed by atoms with Crippen LogP contribution in [-0.4, -0.2) is 17.0 Å². The van der Waals surface area contributed by atoms with E-state index < -0.39 is 0 Å². The number of hydrogen-bond acceptors (Lipinski definition) is 5. The van der Waals surface area contributed by atoms with E-state index in [0.717, 1.165) is 17.1 Å². The van der Waals surface area contributed by atoms with Crippen molar-refractivity contribution >= 4 is 57.6 Å². The maximum absolute atomic E-state index is 12.7. The van der Waals surface area contributed by atoms with Crippen LogP contribution in [0.4, 0.5) is 5.69 Å². The average molecular weight is 402 g/mol. The Labute approximate surface area is 165 Å². The normalized spacial score (nSPS) is 17.7. The summed E-state index contributed by atoms with van der Waals surface area (Å²) in [4.78, 5) is 14.7. The van der Waals surface area contributed by atoms with E-state index in [4.69, 9.17) is 33.3 Å². The number of rotatable bonds is 3. The molecule has 0 radical (unpaired) electrons. The molecule has 2 aliphatic heterocycles. The van der Waals surface area contributed by atoms with Gasteiger partial charge in [-0.1, -0.05) is 59.9 Å². The molecule has 2 aliphatic rings. The van der Waals surface area contributed by atoms with Crippen molar-refractivity contribution in [2.45, 2.75) is 0 Å². The Hall–Kier alpha value is -2.28. The van der Waals surface area contributed by atoms with Gasteiger partial charge in [0.15, 0.2) is 15.8 Å². The molecule has 0 atom stereocenters. The number of fused-ring (bicyclic) bond motifs is 1. The molecule has 0 bridgehead atoms. The van der Waals surface area contributed by atoms with E-state index in [9.17, 15) is 4.79 Å². The van der Waals surface area contributed by atoms with Gasteiger partial charge in [-0.2, -0.15) is 0 Å². The van der Waals surface area contributed by atoms with Crippen LogP contribution in [0.1, 0.15) is 5.56 Å². The van der Waals surface area contributed by atoms with Gasteiger partial charge in [-0.3, -0.25) is 9.69 Å². The van der Waals surface area contributed by atoms with Gasteiger partial charge in [0, 0.05) is 5.02 Å². The Balaban J connectivity index is 1.53. The lowest BCUT2D eigenvalue weighted by atomic mass is 10.2. The highest BCUT2D eigenvalue weighted by atomic mass is 35.5. The van der Waals surface area contributed by atoms with E-state index in [1.807, 2.05) is 36.4 Å². The Kier molecular flexibility index (Phi) is 4.72. The van der Waals surface area contributed by atoms with Gasteiger partial charge >= 0.3 is 0 Å². The van der Waals surface area contributed by atoms with E-state index in [1.165, 1.54) is 16.7 Å². The highest BCUT2D eigenvalue weighted by Crippen LogP contribution is 2.36. The Morgan fingerprint density at radius 1 is 1.15 bits per heavy atom. The lowest BCUT2D eigenvalue weighted by molar-refractivity contribution is -0.113. The number of benzene rings is 2. The summed E-state index contributed by atoms with van der Waals surface area (Å²) in [5, 5.41) is 0.559. The molecule has 0 unspecified atom stereocenters. The summed E-state index contributed by atoms with van der Waals surface area (Å²) in [7, 11) is 0. The van der Waals surface area contributed by atoms with Gasteiger partial charge in [0.05, 0.1) is 10.6 Å². The van der Waals surface area contributed by atoms with Gasteiger partial charge in [-0.15, -0.1) is 0 Å². The quantitative estimate of drug-likeness (QED) is 0.532. The van der Waals surface area contributed by atoms with E-state index in [0.29, 0.717) is 19.9 Å². The van der Waals surface area contributed by atoms with Gasteiger partial charge in [0.25, 0.3) is 5.91 Å². The number of thiocarbonyl (C=S) groups is 1. The van der Waals surface area contributed by atoms with Crippen LogP contribution in [-0.2, 0) is 4.79 Å². The molecular formula is C19H12ClNO3S2. The maximum Gasteiger partial charge on any atom is 0.270 e. The third kappa shape index (κ3) is 3.35. The number of hydrogen-bond donors (Lipinski definition) is 0. The van der Waals surface area contributed by atoms with Crippen molar-refractivity contribution in [1.82, 2.24) is 0 Å². The topological polar surface area (TPSA) is 38.8 Å². The minimum Gasteiger partial charge on any atom is -0.454 e. The minimum atomic E-state index is -0.155. The fourth-order valence-corrected chi connectivity index (χ4v) is 4.02. The predicted molar refractivity (Wildman–Crippen MR) is 109 cm³/mol. The molecule has 4 rings (SSSR count). The number of anilines is 1. The molecule has 2 aromatic rings. The zero-order valence-electron chi connectivity index (χ0n) is 13.3. The number of carbonyl (C=O) groups is 1. The van der Waals surface area contributed by atoms with Gasteiger partial charge < -0.3 is 9.47 Å². The molecule has 2 heterocycles. The van der Waals surface area contributed by atoms with Crippen LogP contribution in [0.25, 0.3) is 6.08 Å². The number of amides is 1. The summed E-state index contributed by atoms with van der Waals surface area (Å²) in [6.45, 7) is 0.245. The van der Waals surface area contributed by atoms with Crippen molar-refractivity contribution in [2.75, 3.05) is 11.7 Å². The number of halogens is 1. The van der Waals surface area contributed by atoms with Crippen molar-refractivity contribution in [3.05, 3.63) is 70.1 Å². The van der Waals surface area contributed by atoms with Crippen LogP contribution in [0.15, 0.2) is 59.5 Å². The Bertz CT molecular complexity index is 971. The summed E-state index contributed by atoms with van der Waals surface area (Å²) in [5.74, 6) is 1.31. The summed E-state index contributed by atoms with van der Waals surface area (Å²) >= 11 is 12.6. The minimum absolute atomic E-state index is 0.155. The second kappa shape index (κ2) is 7.15. The van der Waals surface area contributed by atoms with Crippen LogP contribution in [0.2, 0.25) is 5.02 Å². The third-order valence-corrected chi connectivity index (χ3v) is 5.35. The lowest BCUT2D eigenvalue weighted by Crippen LogP contribution is -2.27. The average Bonchev–Trinajstić information content (AvgIpc) is 3.19. The van der Waals surface area contributed by atoms with Crippen LogP contribution >= 0.6 is 35.6 Å². The molecule has 2 aromatic carbocycles. The first-order chi connectivity index (χ1) is 12.6. The number of ether oxygens (including phenoxy) is 2. The zero-order valence-corrected chi connectivity index (χ0v) is 15.7. The fourth-order valence-electron chi connectivity index (χ4n) is 2.58. The smallest absolute Gasteiger partial charge is 0.270 e. The number of carbonyl (C=O) groups excluding carboxylic acids is 1. The summed E-state index contributed by atoms with van der Waals surface area (Å²) in [5.41, 5.74) is 1.62. The highest BCUT2D eigenvalue weighted by molar-refractivity contribution is 8.27. The van der Waals surface area contributed by atoms with Crippen LogP contribution < -0.4 is 14.4 Å². The van der Waals surface area contributed by atoms with E-state index in [-0.39, 0.29) is 12.7 Å². The summed E-state index contributed by atoms with van der Waals surface area (Å²) < 4.78 is 11.1. The van der Waals surface area contributed by atoms with Crippen molar-refractivity contribution in [1.29, 1.82) is 0 Å². The van der Waals surface area contributed by atoms with Gasteiger partial charge in [0.2, 0.25) is 6.79 Å². The first-order valence-electron chi connectivity index (χ1n) is 7.72. The summed E-state index contributed by atoms with van der Waals surface area (Å²) in [6, 6.07) is 12.8. The van der Waals surface area contributed by atoms with Gasteiger partial charge in [0.1, 0.15) is 0 Å². The van der Waals surface area contributed by atoms with Crippen LogP contribution in [0.5, 0.6) is 11.5 Å². The molecule has 130 valence electrons. The molecule has 7 heteroatoms. The Morgan fingerprint density at radius 2 is 2.00 bits per heavy atom. The molecule has 1 saturated heterocycles. The Morgan fingerprint density at radius 3 is 2.85 bits per heavy atom. The highest BCUT2D eigenvalue weighted by Gasteiger charge is 2.32. The first-order valence-corrected chi connectivity index (χ1v) is 9.32. The largest absolute Gasteiger partial charge is 0.454 e. The monoisotopic (exact) mass is 401 g/mol. The molecule has 4 nitrogen and oxygen atoms in total. The predicted octanol–water partition coefficient (Wildman–Crippen LogP) is 5.03. The molecular weight excluding hydrogens is 390 g/mol. The molecule has 0 spiro atoms. The van der Waals surface area contributed by atoms with E-state index in [1.54, 1.807) is 24.3 Å². The molecule has 0 aliphatic carbocycles. The first kappa shape index (κ1) is 17.1. The second-order valence-corrected chi connectivity index (χ2v) is 7.60. The van der Waals surface area contributed by atoms with Crippen molar-refractivity contribution in [3.8, 4) is 11.5 Å². The van der Waals surface area contributed by atoms with E-state index >= 15 is 0 Å². The van der Waals surface area contributed by atoms with Gasteiger partial charge in [-0.05, 0) is 42.0 Å². The fraction of sp³-hybridized carbons (Fsp3) is 0.0526. The van der Waals surface area contributed by atoms with E-state index in [2.05, 4.69) is 0 Å². The molecule has 26 heavy (non-hydrogen) atoms. The SMILES string of the molecule is O=C1/C(=C\C=C\c2ccc3c(c2)OCO3)SC(=S)N1c1cccc(Cl)c1. The van der Waals surface area contributed by atoms with Crippen LogP contribution in [0, 0.1) is 0 Å². The molecule has 1 amide bonds. The molecule has 0 N–H and O–H groups in total. The number of allylic oxidation sites excluding steroid dienone is 2. The van der Waals surface area contributed by atoms with Crippen molar-refractivity contribution in [3.63, 3.8) is 0 Å². The number of thioether (sulfide) groups is 1.